The van der Waals surface area contributed by atoms with Gasteiger partial charge in [0.2, 0.25) is 5.95 Å². The van der Waals surface area contributed by atoms with Gasteiger partial charge in [0.25, 0.3) is 0 Å². The minimum atomic E-state index is -0.545. The summed E-state index contributed by atoms with van der Waals surface area (Å²) in [6.07, 6.45) is 3.23. The van der Waals surface area contributed by atoms with Gasteiger partial charge in [-0.25, -0.2) is 15.0 Å². The number of aryl methyl sites for hydroxylation is 2. The summed E-state index contributed by atoms with van der Waals surface area (Å²) in [7, 11) is 0. The van der Waals surface area contributed by atoms with Crippen molar-refractivity contribution < 1.29 is 4.39 Å². The standard InChI is InChI=1S/C20H15FN6/c1-11-7-15(8-14-10-23-26-18(11)14)27-19(13-5-6-22-17(21)9-13)25-16-4-3-12(2)24-20(16)27/h3-10H,1-2H3,(H,23,26). The molecular formula is C20H15FN6. The Kier molecular flexibility index (Phi) is 3.30. The molecule has 0 aliphatic heterocycles. The summed E-state index contributed by atoms with van der Waals surface area (Å²) in [6.45, 7) is 3.96. The van der Waals surface area contributed by atoms with Gasteiger partial charge in [0, 0.05) is 28.9 Å². The molecule has 0 unspecified atom stereocenters. The number of pyridine rings is 2. The summed E-state index contributed by atoms with van der Waals surface area (Å²) < 4.78 is 15.7. The molecule has 0 radical (unpaired) electrons. The first-order chi connectivity index (χ1) is 13.1. The molecule has 0 atom stereocenters. The molecule has 0 spiro atoms. The Morgan fingerprint density at radius 2 is 1.93 bits per heavy atom. The van der Waals surface area contributed by atoms with E-state index >= 15 is 0 Å². The lowest BCUT2D eigenvalue weighted by atomic mass is 10.1. The lowest BCUT2D eigenvalue weighted by molar-refractivity contribution is 0.584. The zero-order chi connectivity index (χ0) is 18.5. The van der Waals surface area contributed by atoms with Crippen LogP contribution in [0.15, 0.2) is 48.8 Å². The van der Waals surface area contributed by atoms with Crippen LogP contribution < -0.4 is 0 Å². The molecule has 0 amide bonds. The predicted octanol–water partition coefficient (Wildman–Crippen LogP) is 4.11. The van der Waals surface area contributed by atoms with Gasteiger partial charge in [-0.1, -0.05) is 0 Å². The Hall–Kier alpha value is -3.61. The van der Waals surface area contributed by atoms with Crippen LogP contribution in [0.5, 0.6) is 0 Å². The highest BCUT2D eigenvalue weighted by Gasteiger charge is 2.17. The lowest BCUT2D eigenvalue weighted by Gasteiger charge is -2.11. The highest BCUT2D eigenvalue weighted by atomic mass is 19.1. The van der Waals surface area contributed by atoms with Crippen molar-refractivity contribution in [2.24, 2.45) is 0 Å². The monoisotopic (exact) mass is 358 g/mol. The lowest BCUT2D eigenvalue weighted by Crippen LogP contribution is -2.00. The topological polar surface area (TPSA) is 72.3 Å². The van der Waals surface area contributed by atoms with E-state index < -0.39 is 5.95 Å². The number of nitrogens with zero attached hydrogens (tertiary/aromatic N) is 5. The number of imidazole rings is 1. The van der Waals surface area contributed by atoms with Crippen LogP contribution >= 0.6 is 0 Å². The van der Waals surface area contributed by atoms with Crippen molar-refractivity contribution in [3.63, 3.8) is 0 Å². The molecule has 4 heterocycles. The number of aromatic nitrogens is 6. The summed E-state index contributed by atoms with van der Waals surface area (Å²) in [4.78, 5) is 13.1. The fraction of sp³-hybridized carbons (Fsp3) is 0.100. The molecule has 7 heteroatoms. The maximum atomic E-state index is 13.8. The third-order valence-corrected chi connectivity index (χ3v) is 4.62. The van der Waals surface area contributed by atoms with Crippen molar-refractivity contribution in [2.75, 3.05) is 0 Å². The summed E-state index contributed by atoms with van der Waals surface area (Å²) in [6, 6.07) is 11.1. The van der Waals surface area contributed by atoms with Crippen LogP contribution in [0.2, 0.25) is 0 Å². The Labute approximate surface area is 153 Å². The molecule has 27 heavy (non-hydrogen) atoms. The molecule has 0 fully saturated rings. The molecule has 1 N–H and O–H groups in total. The van der Waals surface area contributed by atoms with E-state index in [-0.39, 0.29) is 0 Å². The minimum Gasteiger partial charge on any atom is -0.278 e. The zero-order valence-corrected chi connectivity index (χ0v) is 14.7. The van der Waals surface area contributed by atoms with Crippen LogP contribution in [0.3, 0.4) is 0 Å². The molecule has 1 aromatic carbocycles. The Morgan fingerprint density at radius 1 is 1.04 bits per heavy atom. The van der Waals surface area contributed by atoms with Crippen molar-refractivity contribution in [2.45, 2.75) is 13.8 Å². The fourth-order valence-electron chi connectivity index (χ4n) is 3.38. The number of fused-ring (bicyclic) bond motifs is 2. The molecule has 0 saturated heterocycles. The second kappa shape index (κ2) is 5.70. The van der Waals surface area contributed by atoms with Gasteiger partial charge in [-0.15, -0.1) is 0 Å². The predicted molar refractivity (Wildman–Crippen MR) is 101 cm³/mol. The van der Waals surface area contributed by atoms with E-state index in [0.29, 0.717) is 11.4 Å². The number of halogens is 1. The Morgan fingerprint density at radius 3 is 2.78 bits per heavy atom. The normalized spacial score (nSPS) is 11.5. The summed E-state index contributed by atoms with van der Waals surface area (Å²) in [5, 5.41) is 8.13. The molecule has 0 bridgehead atoms. The summed E-state index contributed by atoms with van der Waals surface area (Å²) >= 11 is 0. The molecule has 0 aliphatic rings. The first-order valence-corrected chi connectivity index (χ1v) is 8.52. The SMILES string of the molecule is Cc1ccc2nc(-c3ccnc(F)c3)n(-c3cc(C)c4[nH]ncc4c3)c2n1. The second-order valence-corrected chi connectivity index (χ2v) is 6.53. The average Bonchev–Trinajstić information content (AvgIpc) is 3.26. The third-order valence-electron chi connectivity index (χ3n) is 4.62. The van der Waals surface area contributed by atoms with Gasteiger partial charge in [0.1, 0.15) is 11.3 Å². The molecule has 0 aliphatic carbocycles. The van der Waals surface area contributed by atoms with Crippen LogP contribution in [-0.4, -0.2) is 29.7 Å². The zero-order valence-electron chi connectivity index (χ0n) is 14.7. The van der Waals surface area contributed by atoms with Crippen LogP contribution in [-0.2, 0) is 0 Å². The minimum absolute atomic E-state index is 0.545. The molecule has 4 aromatic heterocycles. The Bertz CT molecular complexity index is 1320. The van der Waals surface area contributed by atoms with E-state index in [4.69, 9.17) is 4.98 Å². The van der Waals surface area contributed by atoms with Crippen LogP contribution in [0.25, 0.3) is 39.1 Å². The second-order valence-electron chi connectivity index (χ2n) is 6.53. The first-order valence-electron chi connectivity index (χ1n) is 8.52. The quantitative estimate of drug-likeness (QED) is 0.482. The van der Waals surface area contributed by atoms with Crippen molar-refractivity contribution in [1.82, 2.24) is 29.7 Å². The number of rotatable bonds is 2. The largest absolute Gasteiger partial charge is 0.278 e. The molecule has 132 valence electrons. The molecule has 6 nitrogen and oxygen atoms in total. The van der Waals surface area contributed by atoms with Crippen LogP contribution in [0, 0.1) is 19.8 Å². The van der Waals surface area contributed by atoms with Crippen molar-refractivity contribution >= 4 is 22.1 Å². The number of benzene rings is 1. The molecular weight excluding hydrogens is 343 g/mol. The maximum absolute atomic E-state index is 13.8. The van der Waals surface area contributed by atoms with Gasteiger partial charge in [0.15, 0.2) is 5.65 Å². The molecule has 5 rings (SSSR count). The Balaban J connectivity index is 1.88. The highest BCUT2D eigenvalue weighted by molar-refractivity contribution is 5.86. The maximum Gasteiger partial charge on any atom is 0.213 e. The average molecular weight is 358 g/mol. The van der Waals surface area contributed by atoms with E-state index in [9.17, 15) is 4.39 Å². The first kappa shape index (κ1) is 15.6. The van der Waals surface area contributed by atoms with Gasteiger partial charge >= 0.3 is 0 Å². The van der Waals surface area contributed by atoms with E-state index in [2.05, 4.69) is 20.2 Å². The summed E-state index contributed by atoms with van der Waals surface area (Å²) in [5.74, 6) is 0.0726. The smallest absolute Gasteiger partial charge is 0.213 e. The van der Waals surface area contributed by atoms with E-state index in [1.807, 2.05) is 42.7 Å². The van der Waals surface area contributed by atoms with Crippen molar-refractivity contribution in [3.8, 4) is 17.1 Å². The fourth-order valence-corrected chi connectivity index (χ4v) is 3.38. The van der Waals surface area contributed by atoms with Gasteiger partial charge in [0.05, 0.1) is 17.4 Å². The highest BCUT2D eigenvalue weighted by Crippen LogP contribution is 2.30. The van der Waals surface area contributed by atoms with Gasteiger partial charge < -0.3 is 0 Å². The van der Waals surface area contributed by atoms with Gasteiger partial charge in [-0.3, -0.25) is 9.67 Å². The van der Waals surface area contributed by atoms with E-state index in [0.717, 1.165) is 39.0 Å². The number of H-pyrrole nitrogens is 1. The van der Waals surface area contributed by atoms with E-state index in [1.54, 1.807) is 12.3 Å². The van der Waals surface area contributed by atoms with Crippen LogP contribution in [0.4, 0.5) is 4.39 Å². The third kappa shape index (κ3) is 2.47. The number of hydrogen-bond donors (Lipinski definition) is 1. The van der Waals surface area contributed by atoms with Crippen LogP contribution in [0.1, 0.15) is 11.3 Å². The molecule has 0 saturated carbocycles. The van der Waals surface area contributed by atoms with Crippen molar-refractivity contribution in [3.05, 3.63) is 66.0 Å². The van der Waals surface area contributed by atoms with Gasteiger partial charge in [-0.2, -0.15) is 9.49 Å². The molecule has 5 aromatic rings. The number of hydrogen-bond acceptors (Lipinski definition) is 4. The summed E-state index contributed by atoms with van der Waals surface area (Å²) in [5.41, 5.74) is 5.95. The van der Waals surface area contributed by atoms with E-state index in [1.165, 1.54) is 12.3 Å². The number of aromatic amines is 1. The number of nitrogens with one attached hydrogen (secondary N) is 1. The van der Waals surface area contributed by atoms with Gasteiger partial charge in [-0.05, 0) is 49.7 Å². The van der Waals surface area contributed by atoms with Crippen molar-refractivity contribution in [1.29, 1.82) is 0 Å².